The third-order valence-corrected chi connectivity index (χ3v) is 3.88. The van der Waals surface area contributed by atoms with Crippen LogP contribution in [-0.4, -0.2) is 36.1 Å². The van der Waals surface area contributed by atoms with Crippen molar-refractivity contribution < 1.29 is 4.74 Å². The zero-order valence-electron chi connectivity index (χ0n) is 10.4. The summed E-state index contributed by atoms with van der Waals surface area (Å²) in [6.45, 7) is 2.14. The lowest BCUT2D eigenvalue weighted by molar-refractivity contribution is 0.114. The zero-order valence-corrected chi connectivity index (χ0v) is 12.8. The van der Waals surface area contributed by atoms with Gasteiger partial charge in [-0.3, -0.25) is 0 Å². The molecule has 98 valence electrons. The molecular formula is C13H17BrN2OS. The number of rotatable bonds is 3. The Morgan fingerprint density at radius 1 is 1.44 bits per heavy atom. The summed E-state index contributed by atoms with van der Waals surface area (Å²) < 4.78 is 7.03. The van der Waals surface area contributed by atoms with Gasteiger partial charge in [0.1, 0.15) is 16.8 Å². The highest BCUT2D eigenvalue weighted by molar-refractivity contribution is 9.10. The molecule has 0 spiro atoms. The van der Waals surface area contributed by atoms with E-state index in [-0.39, 0.29) is 6.10 Å². The van der Waals surface area contributed by atoms with Gasteiger partial charge in [0.2, 0.25) is 0 Å². The van der Waals surface area contributed by atoms with Crippen LogP contribution in [0, 0.1) is 0 Å². The summed E-state index contributed by atoms with van der Waals surface area (Å²) >= 11 is 8.50. The van der Waals surface area contributed by atoms with E-state index in [9.17, 15) is 0 Å². The number of likely N-dealkylation sites (tertiary alicyclic amines) is 1. The Hall–Kier alpha value is -0.650. The first-order chi connectivity index (χ1) is 8.56. The SMILES string of the molecule is CN1CCC(Oc2cc(Br)ccc2C(N)=S)CC1. The van der Waals surface area contributed by atoms with Gasteiger partial charge in [-0.2, -0.15) is 0 Å². The molecule has 0 atom stereocenters. The zero-order chi connectivity index (χ0) is 13.1. The van der Waals surface area contributed by atoms with Crippen LogP contribution < -0.4 is 10.5 Å². The molecule has 0 bridgehead atoms. The van der Waals surface area contributed by atoms with E-state index < -0.39 is 0 Å². The van der Waals surface area contributed by atoms with Gasteiger partial charge in [-0.1, -0.05) is 28.1 Å². The highest BCUT2D eigenvalue weighted by atomic mass is 79.9. The molecule has 2 N–H and O–H groups in total. The fourth-order valence-corrected chi connectivity index (χ4v) is 2.59. The average Bonchev–Trinajstić information content (AvgIpc) is 2.32. The highest BCUT2D eigenvalue weighted by Crippen LogP contribution is 2.26. The number of nitrogens with two attached hydrogens (primary N) is 1. The number of benzene rings is 1. The largest absolute Gasteiger partial charge is 0.490 e. The summed E-state index contributed by atoms with van der Waals surface area (Å²) in [6, 6.07) is 5.76. The number of halogens is 1. The van der Waals surface area contributed by atoms with E-state index in [0.717, 1.165) is 41.7 Å². The van der Waals surface area contributed by atoms with Gasteiger partial charge < -0.3 is 15.4 Å². The van der Waals surface area contributed by atoms with Crippen LogP contribution >= 0.6 is 28.1 Å². The minimum Gasteiger partial charge on any atom is -0.490 e. The predicted molar refractivity (Wildman–Crippen MR) is 81.2 cm³/mol. The Bertz CT molecular complexity index is 445. The van der Waals surface area contributed by atoms with Gasteiger partial charge >= 0.3 is 0 Å². The average molecular weight is 329 g/mol. The van der Waals surface area contributed by atoms with Gasteiger partial charge in [0.05, 0.1) is 5.56 Å². The number of thiocarbonyl (C=S) groups is 1. The van der Waals surface area contributed by atoms with Crippen LogP contribution in [0.15, 0.2) is 22.7 Å². The van der Waals surface area contributed by atoms with Gasteiger partial charge in [0.15, 0.2) is 0 Å². The third-order valence-electron chi connectivity index (χ3n) is 3.17. The molecule has 1 aliphatic rings. The maximum absolute atomic E-state index is 6.05. The van der Waals surface area contributed by atoms with Crippen LogP contribution in [0.2, 0.25) is 0 Å². The first kappa shape index (κ1) is 13.8. The summed E-state index contributed by atoms with van der Waals surface area (Å²) in [7, 11) is 2.13. The topological polar surface area (TPSA) is 38.5 Å². The van der Waals surface area contributed by atoms with Crippen molar-refractivity contribution in [1.82, 2.24) is 4.90 Å². The van der Waals surface area contributed by atoms with E-state index in [2.05, 4.69) is 27.9 Å². The van der Waals surface area contributed by atoms with E-state index in [1.54, 1.807) is 0 Å². The van der Waals surface area contributed by atoms with Crippen LogP contribution in [0.3, 0.4) is 0 Å². The minimum atomic E-state index is 0.253. The fourth-order valence-electron chi connectivity index (χ4n) is 2.08. The van der Waals surface area contributed by atoms with Crippen molar-refractivity contribution in [2.45, 2.75) is 18.9 Å². The van der Waals surface area contributed by atoms with Gasteiger partial charge in [0.25, 0.3) is 0 Å². The lowest BCUT2D eigenvalue weighted by Gasteiger charge is -2.29. The molecule has 0 aromatic heterocycles. The molecule has 2 rings (SSSR count). The number of piperidine rings is 1. The normalized spacial score (nSPS) is 17.7. The van der Waals surface area contributed by atoms with Gasteiger partial charge in [-0.15, -0.1) is 0 Å². The third kappa shape index (κ3) is 3.43. The van der Waals surface area contributed by atoms with Crippen LogP contribution in [0.1, 0.15) is 18.4 Å². The van der Waals surface area contributed by atoms with Gasteiger partial charge in [0, 0.05) is 17.6 Å². The molecule has 0 aliphatic carbocycles. The highest BCUT2D eigenvalue weighted by Gasteiger charge is 2.19. The fraction of sp³-hybridized carbons (Fsp3) is 0.462. The molecule has 1 aromatic rings. The molecule has 1 fully saturated rings. The van der Waals surface area contributed by atoms with Crippen molar-refractivity contribution >= 4 is 33.1 Å². The second kappa shape index (κ2) is 5.99. The number of hydrogen-bond acceptors (Lipinski definition) is 3. The molecule has 18 heavy (non-hydrogen) atoms. The predicted octanol–water partition coefficient (Wildman–Crippen LogP) is 2.56. The van der Waals surface area contributed by atoms with Crippen LogP contribution in [0.5, 0.6) is 5.75 Å². The molecule has 1 aromatic carbocycles. The molecule has 0 unspecified atom stereocenters. The van der Waals surface area contributed by atoms with Crippen molar-refractivity contribution in [2.75, 3.05) is 20.1 Å². The summed E-state index contributed by atoms with van der Waals surface area (Å²) in [6.07, 6.45) is 2.34. The summed E-state index contributed by atoms with van der Waals surface area (Å²) in [5.41, 5.74) is 6.53. The van der Waals surface area contributed by atoms with Crippen LogP contribution in [0.25, 0.3) is 0 Å². The van der Waals surface area contributed by atoms with Gasteiger partial charge in [-0.05, 0) is 38.1 Å². The molecule has 1 saturated heterocycles. The second-order valence-corrected chi connectivity index (χ2v) is 5.98. The lowest BCUT2D eigenvalue weighted by atomic mass is 10.1. The minimum absolute atomic E-state index is 0.253. The van der Waals surface area contributed by atoms with E-state index in [1.807, 2.05) is 18.2 Å². The first-order valence-corrected chi connectivity index (χ1v) is 7.21. The van der Waals surface area contributed by atoms with Crippen molar-refractivity contribution in [3.05, 3.63) is 28.2 Å². The Morgan fingerprint density at radius 2 is 2.11 bits per heavy atom. The van der Waals surface area contributed by atoms with Crippen molar-refractivity contribution in [3.8, 4) is 5.75 Å². The maximum Gasteiger partial charge on any atom is 0.131 e. The Labute approximate surface area is 121 Å². The van der Waals surface area contributed by atoms with E-state index in [1.165, 1.54) is 0 Å². The number of ether oxygens (including phenoxy) is 1. The Kier molecular flexibility index (Phi) is 4.59. The van der Waals surface area contributed by atoms with E-state index >= 15 is 0 Å². The van der Waals surface area contributed by atoms with E-state index in [4.69, 9.17) is 22.7 Å². The quantitative estimate of drug-likeness (QED) is 0.865. The lowest BCUT2D eigenvalue weighted by Crippen LogP contribution is -2.36. The van der Waals surface area contributed by atoms with Gasteiger partial charge in [-0.25, -0.2) is 0 Å². The van der Waals surface area contributed by atoms with Crippen LogP contribution in [-0.2, 0) is 0 Å². The Balaban J connectivity index is 2.12. The molecule has 5 heteroatoms. The standard InChI is InChI=1S/C13H17BrN2OS/c1-16-6-4-10(5-7-16)17-12-8-9(14)2-3-11(12)13(15)18/h2-3,8,10H,4-7H2,1H3,(H2,15,18). The molecule has 1 aliphatic heterocycles. The summed E-state index contributed by atoms with van der Waals surface area (Å²) in [5.74, 6) is 0.784. The monoisotopic (exact) mass is 328 g/mol. The Morgan fingerprint density at radius 3 is 2.72 bits per heavy atom. The first-order valence-electron chi connectivity index (χ1n) is 6.01. The maximum atomic E-state index is 6.05. The second-order valence-electron chi connectivity index (χ2n) is 4.63. The molecule has 0 amide bonds. The molecule has 0 saturated carbocycles. The molecule has 1 heterocycles. The van der Waals surface area contributed by atoms with Crippen molar-refractivity contribution in [1.29, 1.82) is 0 Å². The molecule has 3 nitrogen and oxygen atoms in total. The summed E-state index contributed by atoms with van der Waals surface area (Å²) in [5, 5.41) is 0. The molecule has 0 radical (unpaired) electrons. The van der Waals surface area contributed by atoms with E-state index in [0.29, 0.717) is 4.99 Å². The number of nitrogens with zero attached hydrogens (tertiary/aromatic N) is 1. The summed E-state index contributed by atoms with van der Waals surface area (Å²) in [4.78, 5) is 2.69. The smallest absolute Gasteiger partial charge is 0.131 e. The number of hydrogen-bond donors (Lipinski definition) is 1. The van der Waals surface area contributed by atoms with Crippen molar-refractivity contribution in [2.24, 2.45) is 5.73 Å². The van der Waals surface area contributed by atoms with Crippen LogP contribution in [0.4, 0.5) is 0 Å². The molecular weight excluding hydrogens is 312 g/mol. The van der Waals surface area contributed by atoms with Crippen molar-refractivity contribution in [3.63, 3.8) is 0 Å².